The highest BCUT2D eigenvalue weighted by atomic mass is 16.4. The molecule has 2 aromatic rings. The number of benzene rings is 1. The number of carbonyl (C=O) groups is 1. The van der Waals surface area contributed by atoms with Gasteiger partial charge in [0.25, 0.3) is 0 Å². The Labute approximate surface area is 105 Å². The van der Waals surface area contributed by atoms with E-state index in [4.69, 9.17) is 10.8 Å². The molecule has 0 aliphatic rings. The van der Waals surface area contributed by atoms with Gasteiger partial charge in [-0.25, -0.2) is 4.79 Å². The van der Waals surface area contributed by atoms with Crippen molar-refractivity contribution in [3.05, 3.63) is 41.6 Å². The lowest BCUT2D eigenvalue weighted by Crippen LogP contribution is -2.08. The Bertz CT molecular complexity index is 558. The topological polar surface area (TPSA) is 81.1 Å². The van der Waals surface area contributed by atoms with E-state index in [1.54, 1.807) is 6.07 Å². The third-order valence-corrected chi connectivity index (χ3v) is 2.78. The molecule has 5 heteroatoms. The Kier molecular flexibility index (Phi) is 3.43. The second-order valence-corrected chi connectivity index (χ2v) is 3.94. The van der Waals surface area contributed by atoms with Crippen LogP contribution in [-0.2, 0) is 13.1 Å². The normalized spacial score (nSPS) is 10.6. The number of aryl methyl sites for hydroxylation is 1. The summed E-state index contributed by atoms with van der Waals surface area (Å²) >= 11 is 0. The van der Waals surface area contributed by atoms with Crippen molar-refractivity contribution in [1.82, 2.24) is 9.78 Å². The molecule has 3 N–H and O–H groups in total. The lowest BCUT2D eigenvalue weighted by molar-refractivity contribution is 0.0683. The number of hydrogen-bond donors (Lipinski definition) is 2. The lowest BCUT2D eigenvalue weighted by Gasteiger charge is -1.99. The molecule has 1 aromatic heterocycles. The molecule has 0 aliphatic heterocycles. The van der Waals surface area contributed by atoms with Crippen LogP contribution in [0.1, 0.15) is 23.0 Å². The molecule has 94 valence electrons. The van der Waals surface area contributed by atoms with Crippen LogP contribution in [0.15, 0.2) is 30.3 Å². The first-order valence-electron chi connectivity index (χ1n) is 5.76. The van der Waals surface area contributed by atoms with Gasteiger partial charge in [0.05, 0.1) is 5.69 Å². The van der Waals surface area contributed by atoms with Gasteiger partial charge in [0.1, 0.15) is 5.69 Å². The number of rotatable bonds is 4. The van der Waals surface area contributed by atoms with Crippen LogP contribution in [-0.4, -0.2) is 20.9 Å². The summed E-state index contributed by atoms with van der Waals surface area (Å²) in [6.45, 7) is 2.88. The molecular formula is C13H15N3O2. The second-order valence-electron chi connectivity index (χ2n) is 3.94. The van der Waals surface area contributed by atoms with E-state index in [9.17, 15) is 4.79 Å². The van der Waals surface area contributed by atoms with Crippen LogP contribution >= 0.6 is 0 Å². The zero-order valence-electron chi connectivity index (χ0n) is 10.1. The van der Waals surface area contributed by atoms with Crippen LogP contribution in [0, 0.1) is 0 Å². The fourth-order valence-corrected chi connectivity index (χ4v) is 1.78. The molecule has 1 aromatic carbocycles. The van der Waals surface area contributed by atoms with E-state index in [0.717, 1.165) is 11.1 Å². The third kappa shape index (κ3) is 2.26. The summed E-state index contributed by atoms with van der Waals surface area (Å²) in [4.78, 5) is 11.0. The highest BCUT2D eigenvalue weighted by Crippen LogP contribution is 2.20. The zero-order chi connectivity index (χ0) is 13.1. The number of carboxylic acids is 1. The molecule has 0 fully saturated rings. The molecule has 0 bridgehead atoms. The molecule has 5 nitrogen and oxygen atoms in total. The molecule has 1 heterocycles. The van der Waals surface area contributed by atoms with Crippen molar-refractivity contribution in [3.63, 3.8) is 0 Å². The SMILES string of the molecule is CCn1nc(-c2ccc(CN)cc2)cc1C(=O)O. The minimum absolute atomic E-state index is 0.204. The molecule has 0 atom stereocenters. The van der Waals surface area contributed by atoms with E-state index < -0.39 is 5.97 Å². The van der Waals surface area contributed by atoms with Gasteiger partial charge < -0.3 is 10.8 Å². The highest BCUT2D eigenvalue weighted by Gasteiger charge is 2.13. The van der Waals surface area contributed by atoms with Gasteiger partial charge in [-0.2, -0.15) is 5.10 Å². The fraction of sp³-hybridized carbons (Fsp3) is 0.231. The van der Waals surface area contributed by atoms with Crippen LogP contribution < -0.4 is 5.73 Å². The van der Waals surface area contributed by atoms with Gasteiger partial charge in [-0.1, -0.05) is 24.3 Å². The van der Waals surface area contributed by atoms with Gasteiger partial charge in [0, 0.05) is 18.7 Å². The Morgan fingerprint density at radius 3 is 2.50 bits per heavy atom. The van der Waals surface area contributed by atoms with E-state index in [2.05, 4.69) is 5.10 Å². The summed E-state index contributed by atoms with van der Waals surface area (Å²) in [6, 6.07) is 9.22. The first-order chi connectivity index (χ1) is 8.65. The minimum Gasteiger partial charge on any atom is -0.477 e. The molecule has 0 aliphatic carbocycles. The van der Waals surface area contributed by atoms with Crippen LogP contribution in [0.5, 0.6) is 0 Å². The van der Waals surface area contributed by atoms with Crippen molar-refractivity contribution in [2.45, 2.75) is 20.0 Å². The van der Waals surface area contributed by atoms with Gasteiger partial charge in [-0.15, -0.1) is 0 Å². The van der Waals surface area contributed by atoms with E-state index in [1.807, 2.05) is 31.2 Å². The van der Waals surface area contributed by atoms with Crippen molar-refractivity contribution < 1.29 is 9.90 Å². The first-order valence-corrected chi connectivity index (χ1v) is 5.76. The summed E-state index contributed by atoms with van der Waals surface area (Å²) in [6.07, 6.45) is 0. The van der Waals surface area contributed by atoms with Crippen molar-refractivity contribution in [1.29, 1.82) is 0 Å². The quantitative estimate of drug-likeness (QED) is 0.859. The van der Waals surface area contributed by atoms with E-state index in [1.165, 1.54) is 4.68 Å². The van der Waals surface area contributed by atoms with Crippen LogP contribution in [0.25, 0.3) is 11.3 Å². The minimum atomic E-state index is -0.964. The standard InChI is InChI=1S/C13H15N3O2/c1-2-16-12(13(17)18)7-11(15-16)10-5-3-9(8-14)4-6-10/h3-7H,2,8,14H2,1H3,(H,17,18). The lowest BCUT2D eigenvalue weighted by atomic mass is 10.1. The molecule has 0 saturated heterocycles. The molecular weight excluding hydrogens is 230 g/mol. The first kappa shape index (κ1) is 12.3. The van der Waals surface area contributed by atoms with Crippen molar-refractivity contribution >= 4 is 5.97 Å². The van der Waals surface area contributed by atoms with E-state index in [-0.39, 0.29) is 5.69 Å². The van der Waals surface area contributed by atoms with Crippen molar-refractivity contribution in [3.8, 4) is 11.3 Å². The van der Waals surface area contributed by atoms with E-state index >= 15 is 0 Å². The number of aromatic carboxylic acids is 1. The zero-order valence-corrected chi connectivity index (χ0v) is 10.1. The smallest absolute Gasteiger partial charge is 0.354 e. The molecule has 0 unspecified atom stereocenters. The summed E-state index contributed by atoms with van der Waals surface area (Å²) in [5.74, 6) is -0.964. The average Bonchev–Trinajstić information content (AvgIpc) is 2.83. The van der Waals surface area contributed by atoms with Crippen LogP contribution in [0.4, 0.5) is 0 Å². The molecule has 0 saturated carbocycles. The number of nitrogens with zero attached hydrogens (tertiary/aromatic N) is 2. The Morgan fingerprint density at radius 1 is 1.39 bits per heavy atom. The predicted octanol–water partition coefficient (Wildman–Crippen LogP) is 1.73. The molecule has 0 amide bonds. The van der Waals surface area contributed by atoms with Crippen molar-refractivity contribution in [2.24, 2.45) is 5.73 Å². The maximum Gasteiger partial charge on any atom is 0.354 e. The van der Waals surface area contributed by atoms with Gasteiger partial charge in [-0.05, 0) is 18.6 Å². The number of carboxylic acid groups (broad SMARTS) is 1. The average molecular weight is 245 g/mol. The molecule has 2 rings (SSSR count). The van der Waals surface area contributed by atoms with Crippen molar-refractivity contribution in [2.75, 3.05) is 0 Å². The Hall–Kier alpha value is -2.14. The maximum atomic E-state index is 11.0. The summed E-state index contributed by atoms with van der Waals surface area (Å²) in [5.41, 5.74) is 8.32. The van der Waals surface area contributed by atoms with Crippen LogP contribution in [0.3, 0.4) is 0 Å². The third-order valence-electron chi connectivity index (χ3n) is 2.78. The number of hydrogen-bond acceptors (Lipinski definition) is 3. The largest absolute Gasteiger partial charge is 0.477 e. The Morgan fingerprint density at radius 2 is 2.06 bits per heavy atom. The van der Waals surface area contributed by atoms with Crippen LogP contribution in [0.2, 0.25) is 0 Å². The molecule has 18 heavy (non-hydrogen) atoms. The fourth-order valence-electron chi connectivity index (χ4n) is 1.78. The maximum absolute atomic E-state index is 11.0. The van der Waals surface area contributed by atoms with Gasteiger partial charge in [-0.3, -0.25) is 4.68 Å². The Balaban J connectivity index is 2.40. The van der Waals surface area contributed by atoms with Gasteiger partial charge >= 0.3 is 5.97 Å². The number of nitrogens with two attached hydrogens (primary N) is 1. The summed E-state index contributed by atoms with van der Waals surface area (Å²) < 4.78 is 1.48. The van der Waals surface area contributed by atoms with Gasteiger partial charge in [0.15, 0.2) is 0 Å². The highest BCUT2D eigenvalue weighted by molar-refractivity contribution is 5.87. The van der Waals surface area contributed by atoms with E-state index in [0.29, 0.717) is 18.8 Å². The summed E-state index contributed by atoms with van der Waals surface area (Å²) in [5, 5.41) is 13.3. The molecule has 0 spiro atoms. The second kappa shape index (κ2) is 5.01. The summed E-state index contributed by atoms with van der Waals surface area (Å²) in [7, 11) is 0. The number of aromatic nitrogens is 2. The molecule has 0 radical (unpaired) electrons. The monoisotopic (exact) mass is 245 g/mol. The predicted molar refractivity (Wildman–Crippen MR) is 68.2 cm³/mol. The van der Waals surface area contributed by atoms with Gasteiger partial charge in [0.2, 0.25) is 0 Å².